The summed E-state index contributed by atoms with van der Waals surface area (Å²) in [6.45, 7) is 2.14. The van der Waals surface area contributed by atoms with Crippen LogP contribution in [0.1, 0.15) is 35.0 Å². The Morgan fingerprint density at radius 2 is 2.00 bits per heavy atom. The highest BCUT2D eigenvalue weighted by atomic mass is 16.7. The zero-order chi connectivity index (χ0) is 18.6. The number of benzene rings is 2. The van der Waals surface area contributed by atoms with Crippen molar-refractivity contribution < 1.29 is 23.5 Å². The Balaban J connectivity index is 1.34. The van der Waals surface area contributed by atoms with E-state index >= 15 is 0 Å². The molecule has 0 radical (unpaired) electrons. The van der Waals surface area contributed by atoms with Crippen LogP contribution in [-0.2, 0) is 6.61 Å². The number of nitrogens with zero attached hydrogens (tertiary/aromatic N) is 2. The minimum Gasteiger partial charge on any atom is -0.485 e. The fourth-order valence-electron chi connectivity index (χ4n) is 2.60. The van der Waals surface area contributed by atoms with Gasteiger partial charge in [0.25, 0.3) is 0 Å². The molecular formula is C19H17N3O5. The number of aromatic nitrogens is 2. The minimum atomic E-state index is -0.437. The van der Waals surface area contributed by atoms with Crippen LogP contribution >= 0.6 is 0 Å². The molecule has 1 amide bonds. The highest BCUT2D eigenvalue weighted by Gasteiger charge is 2.19. The summed E-state index contributed by atoms with van der Waals surface area (Å²) in [6, 6.07) is 14.7. The average molecular weight is 367 g/mol. The molecule has 0 fully saturated rings. The van der Waals surface area contributed by atoms with Gasteiger partial charge in [0, 0.05) is 6.07 Å². The number of ether oxygens (including phenoxy) is 3. The van der Waals surface area contributed by atoms with Crippen LogP contribution < -0.4 is 19.5 Å². The predicted molar refractivity (Wildman–Crippen MR) is 93.5 cm³/mol. The largest absolute Gasteiger partial charge is 0.485 e. The number of nitrogens with one attached hydrogen (secondary N) is 1. The topological polar surface area (TPSA) is 95.7 Å². The molecule has 1 aliphatic rings. The lowest BCUT2D eigenvalue weighted by Crippen LogP contribution is -2.26. The van der Waals surface area contributed by atoms with Crippen molar-refractivity contribution in [1.82, 2.24) is 15.5 Å². The third-order valence-corrected chi connectivity index (χ3v) is 4.02. The summed E-state index contributed by atoms with van der Waals surface area (Å²) in [5, 5.41) is 6.60. The fourth-order valence-corrected chi connectivity index (χ4v) is 2.60. The van der Waals surface area contributed by atoms with Crippen molar-refractivity contribution in [1.29, 1.82) is 0 Å². The lowest BCUT2D eigenvalue weighted by Gasteiger charge is -2.12. The normalized spacial score (nSPS) is 13.2. The summed E-state index contributed by atoms with van der Waals surface area (Å²) >= 11 is 0. The molecule has 1 aromatic heterocycles. The van der Waals surface area contributed by atoms with E-state index in [-0.39, 0.29) is 31.2 Å². The lowest BCUT2D eigenvalue weighted by molar-refractivity contribution is 0.0895. The predicted octanol–water partition coefficient (Wildman–Crippen LogP) is 2.87. The first-order valence-corrected chi connectivity index (χ1v) is 8.40. The van der Waals surface area contributed by atoms with Gasteiger partial charge in [-0.05, 0) is 24.6 Å². The van der Waals surface area contributed by atoms with E-state index in [4.69, 9.17) is 18.7 Å². The fraction of sp³-hybridized carbons (Fsp3) is 0.211. The molecule has 0 saturated heterocycles. The highest BCUT2D eigenvalue weighted by molar-refractivity contribution is 5.89. The number of hydrogen-bond donors (Lipinski definition) is 1. The molecular weight excluding hydrogens is 350 g/mol. The molecule has 0 saturated carbocycles. The maximum absolute atomic E-state index is 12.3. The van der Waals surface area contributed by atoms with E-state index in [1.807, 2.05) is 37.3 Å². The Bertz CT molecular complexity index is 942. The van der Waals surface area contributed by atoms with E-state index in [0.717, 1.165) is 5.56 Å². The van der Waals surface area contributed by atoms with Crippen molar-refractivity contribution in [3.63, 3.8) is 0 Å². The molecule has 2 aromatic carbocycles. The van der Waals surface area contributed by atoms with Crippen LogP contribution in [-0.4, -0.2) is 22.8 Å². The standard InChI is InChI=1S/C19H17N3O5/c1-12(13-5-3-2-4-6-13)20-18(23)19-21-17(22-27-19)10-24-14-7-8-15-16(9-14)26-11-25-15/h2-9,12H,10-11H2,1H3,(H,20,23)/t12-/m0/s1. The molecule has 138 valence electrons. The van der Waals surface area contributed by atoms with E-state index < -0.39 is 5.91 Å². The second kappa shape index (κ2) is 7.36. The van der Waals surface area contributed by atoms with Crippen molar-refractivity contribution in [2.75, 3.05) is 6.79 Å². The third-order valence-electron chi connectivity index (χ3n) is 4.02. The van der Waals surface area contributed by atoms with Gasteiger partial charge in [-0.3, -0.25) is 4.79 Å². The van der Waals surface area contributed by atoms with E-state index in [2.05, 4.69) is 15.5 Å². The molecule has 0 spiro atoms. The van der Waals surface area contributed by atoms with Gasteiger partial charge in [0.1, 0.15) is 5.75 Å². The molecule has 2 heterocycles. The summed E-state index contributed by atoms with van der Waals surface area (Å²) in [5.41, 5.74) is 0.983. The maximum atomic E-state index is 12.3. The van der Waals surface area contributed by atoms with Gasteiger partial charge >= 0.3 is 11.8 Å². The van der Waals surface area contributed by atoms with Gasteiger partial charge in [0.15, 0.2) is 18.1 Å². The van der Waals surface area contributed by atoms with Gasteiger partial charge in [0.2, 0.25) is 12.6 Å². The monoisotopic (exact) mass is 367 g/mol. The number of amides is 1. The molecule has 1 atom stereocenters. The quantitative estimate of drug-likeness (QED) is 0.716. The van der Waals surface area contributed by atoms with Crippen molar-refractivity contribution in [2.24, 2.45) is 0 Å². The molecule has 27 heavy (non-hydrogen) atoms. The van der Waals surface area contributed by atoms with Crippen molar-refractivity contribution in [2.45, 2.75) is 19.6 Å². The second-order valence-corrected chi connectivity index (χ2v) is 5.93. The Kier molecular flexibility index (Phi) is 4.61. The smallest absolute Gasteiger partial charge is 0.316 e. The van der Waals surface area contributed by atoms with E-state index in [9.17, 15) is 4.79 Å². The van der Waals surface area contributed by atoms with Crippen molar-refractivity contribution >= 4 is 5.91 Å². The molecule has 8 heteroatoms. The van der Waals surface area contributed by atoms with Crippen LogP contribution in [0.15, 0.2) is 53.1 Å². The van der Waals surface area contributed by atoms with Gasteiger partial charge < -0.3 is 24.1 Å². The van der Waals surface area contributed by atoms with Crippen LogP contribution in [0.2, 0.25) is 0 Å². The third kappa shape index (κ3) is 3.84. The second-order valence-electron chi connectivity index (χ2n) is 5.93. The molecule has 0 aliphatic carbocycles. The van der Waals surface area contributed by atoms with Crippen molar-refractivity contribution in [3.05, 3.63) is 65.8 Å². The molecule has 4 rings (SSSR count). The minimum absolute atomic E-state index is 0.0602. The van der Waals surface area contributed by atoms with Crippen LogP contribution in [0.25, 0.3) is 0 Å². The summed E-state index contributed by atoms with van der Waals surface area (Å²) in [5.74, 6) is 1.59. The Labute approximate surface area is 155 Å². The van der Waals surface area contributed by atoms with Gasteiger partial charge in [-0.15, -0.1) is 0 Å². The Morgan fingerprint density at radius 1 is 1.19 bits per heavy atom. The van der Waals surface area contributed by atoms with Crippen LogP contribution in [0.3, 0.4) is 0 Å². The summed E-state index contributed by atoms with van der Waals surface area (Å²) in [6.07, 6.45) is 0. The van der Waals surface area contributed by atoms with Gasteiger partial charge in [-0.1, -0.05) is 35.5 Å². The highest BCUT2D eigenvalue weighted by Crippen LogP contribution is 2.35. The number of carbonyl (C=O) groups excluding carboxylic acids is 1. The summed E-state index contributed by atoms with van der Waals surface area (Å²) in [7, 11) is 0. The zero-order valence-electron chi connectivity index (χ0n) is 14.5. The Morgan fingerprint density at radius 3 is 2.85 bits per heavy atom. The van der Waals surface area contributed by atoms with Crippen molar-refractivity contribution in [3.8, 4) is 17.2 Å². The van der Waals surface area contributed by atoms with E-state index in [0.29, 0.717) is 17.2 Å². The van der Waals surface area contributed by atoms with Gasteiger partial charge in [-0.25, -0.2) is 0 Å². The number of carbonyl (C=O) groups is 1. The Hall–Kier alpha value is -3.55. The first-order chi connectivity index (χ1) is 13.2. The molecule has 1 aliphatic heterocycles. The maximum Gasteiger partial charge on any atom is 0.316 e. The van der Waals surface area contributed by atoms with E-state index in [1.165, 1.54) is 0 Å². The summed E-state index contributed by atoms with van der Waals surface area (Å²) in [4.78, 5) is 16.3. The molecule has 0 unspecified atom stereocenters. The average Bonchev–Trinajstić information content (AvgIpc) is 3.36. The number of hydrogen-bond acceptors (Lipinski definition) is 7. The van der Waals surface area contributed by atoms with Crippen LogP contribution in [0.4, 0.5) is 0 Å². The molecule has 3 aromatic rings. The van der Waals surface area contributed by atoms with Gasteiger partial charge in [-0.2, -0.15) is 4.98 Å². The SMILES string of the molecule is C[C@H](NC(=O)c1nc(COc2ccc3c(c2)OCO3)no1)c1ccccc1. The lowest BCUT2D eigenvalue weighted by atomic mass is 10.1. The van der Waals surface area contributed by atoms with E-state index in [1.54, 1.807) is 18.2 Å². The first kappa shape index (κ1) is 16.9. The molecule has 8 nitrogen and oxygen atoms in total. The van der Waals surface area contributed by atoms with Crippen LogP contribution in [0, 0.1) is 0 Å². The zero-order valence-corrected chi connectivity index (χ0v) is 14.5. The first-order valence-electron chi connectivity index (χ1n) is 8.40. The molecule has 1 N–H and O–H groups in total. The van der Waals surface area contributed by atoms with Crippen LogP contribution in [0.5, 0.6) is 17.2 Å². The molecule has 0 bridgehead atoms. The number of rotatable bonds is 6. The van der Waals surface area contributed by atoms with Gasteiger partial charge in [0.05, 0.1) is 6.04 Å². The number of fused-ring (bicyclic) bond motifs is 1. The summed E-state index contributed by atoms with van der Waals surface area (Å²) < 4.78 is 21.2.